The van der Waals surface area contributed by atoms with E-state index in [-0.39, 0.29) is 10.8 Å². The molecule has 0 atom stereocenters. The molecule has 4 aromatic heterocycles. The van der Waals surface area contributed by atoms with Gasteiger partial charge in [-0.3, -0.25) is 8.80 Å². The van der Waals surface area contributed by atoms with Gasteiger partial charge >= 0.3 is 0 Å². The van der Waals surface area contributed by atoms with E-state index in [1.54, 1.807) is 0 Å². The van der Waals surface area contributed by atoms with Gasteiger partial charge in [0.05, 0.1) is 38.6 Å². The van der Waals surface area contributed by atoms with Crippen molar-refractivity contribution in [2.24, 2.45) is 0 Å². The van der Waals surface area contributed by atoms with Gasteiger partial charge in [0.1, 0.15) is 0 Å². The van der Waals surface area contributed by atoms with Crippen LogP contribution in [0.1, 0.15) is 52.7 Å². The van der Waals surface area contributed by atoms with E-state index in [1.807, 2.05) is 0 Å². The molecule has 0 fully saturated rings. The Bertz CT molecular complexity index is 3190. The topological polar surface area (TPSA) is 26.6 Å². The Balaban J connectivity index is 1.33. The first-order valence-corrected chi connectivity index (χ1v) is 18.1. The summed E-state index contributed by atoms with van der Waals surface area (Å²) in [5.41, 5.74) is 12.1. The molecule has 0 N–H and O–H groups in total. The first kappa shape index (κ1) is 28.9. The zero-order chi connectivity index (χ0) is 34.6. The molecule has 0 unspecified atom stereocenters. The fourth-order valence-corrected chi connectivity index (χ4v) is 8.67. The Kier molecular flexibility index (Phi) is 5.37. The van der Waals surface area contributed by atoms with Crippen LogP contribution in [-0.4, -0.2) is 18.4 Å². The van der Waals surface area contributed by atoms with Crippen LogP contribution in [0.15, 0.2) is 121 Å². The second kappa shape index (κ2) is 9.46. The molecule has 0 aliphatic heterocycles. The molecule has 11 aromatic rings. The number of fused-ring (bicyclic) bond motifs is 13. The summed E-state index contributed by atoms with van der Waals surface area (Å²) < 4.78 is 7.29. The molecule has 0 amide bonds. The molecule has 7 aromatic carbocycles. The van der Waals surface area contributed by atoms with E-state index in [0.717, 1.165) is 22.5 Å². The maximum atomic E-state index is 5.36. The molecule has 4 heteroatoms. The van der Waals surface area contributed by atoms with Gasteiger partial charge in [-0.25, -0.2) is 4.98 Å². The predicted molar refractivity (Wildman–Crippen MR) is 217 cm³/mol. The van der Waals surface area contributed by atoms with Crippen LogP contribution in [0, 0.1) is 0 Å². The van der Waals surface area contributed by atoms with E-state index in [0.29, 0.717) is 0 Å². The van der Waals surface area contributed by atoms with Crippen LogP contribution in [0.5, 0.6) is 0 Å². The highest BCUT2D eigenvalue weighted by Gasteiger charge is 2.25. The van der Waals surface area contributed by atoms with Gasteiger partial charge in [0.15, 0.2) is 0 Å². The van der Waals surface area contributed by atoms with Gasteiger partial charge in [-0.1, -0.05) is 102 Å². The van der Waals surface area contributed by atoms with E-state index in [4.69, 9.17) is 4.98 Å². The summed E-state index contributed by atoms with van der Waals surface area (Å²) in [6.45, 7) is 13.8. The number of nitrogens with zero attached hydrogens (tertiary/aromatic N) is 4. The molecule has 0 aliphatic rings. The van der Waals surface area contributed by atoms with Crippen molar-refractivity contribution in [3.63, 3.8) is 0 Å². The lowest BCUT2D eigenvalue weighted by molar-refractivity contribution is 0.590. The van der Waals surface area contributed by atoms with Gasteiger partial charge in [0.2, 0.25) is 5.78 Å². The maximum Gasteiger partial charge on any atom is 0.220 e. The molecule has 4 nitrogen and oxygen atoms in total. The Morgan fingerprint density at radius 1 is 0.431 bits per heavy atom. The lowest BCUT2D eigenvalue weighted by Gasteiger charge is -2.19. The number of hydrogen-bond acceptors (Lipinski definition) is 1. The van der Waals surface area contributed by atoms with E-state index < -0.39 is 0 Å². The van der Waals surface area contributed by atoms with Crippen LogP contribution in [0.2, 0.25) is 0 Å². The minimum absolute atomic E-state index is 0.0444. The maximum absolute atomic E-state index is 5.36. The van der Waals surface area contributed by atoms with Crippen LogP contribution in [0.4, 0.5) is 0 Å². The van der Waals surface area contributed by atoms with Gasteiger partial charge in [-0.15, -0.1) is 0 Å². The molecule has 0 saturated carbocycles. The van der Waals surface area contributed by atoms with Crippen molar-refractivity contribution in [3.8, 4) is 5.69 Å². The van der Waals surface area contributed by atoms with Crippen LogP contribution < -0.4 is 0 Å². The number of rotatable bonds is 1. The normalized spacial score (nSPS) is 13.3. The Labute approximate surface area is 295 Å². The van der Waals surface area contributed by atoms with Crippen LogP contribution in [-0.2, 0) is 10.8 Å². The summed E-state index contributed by atoms with van der Waals surface area (Å²) in [5, 5.41) is 10.0. The molecule has 51 heavy (non-hydrogen) atoms. The molecular weight excluding hydrogens is 621 g/mol. The summed E-state index contributed by atoms with van der Waals surface area (Å²) in [6, 6.07) is 45.6. The largest absolute Gasteiger partial charge is 0.309 e. The second-order valence-corrected chi connectivity index (χ2v) is 16.6. The zero-order valence-electron chi connectivity index (χ0n) is 29.8. The SMILES string of the molecule is CC(C)(C)c1ccc2c(c1)c1cc(C(C)(C)C)ccc1n2-c1cc2c3cc4ccccc4cc3n3c2c(c1)n1c2cc4ccccc4cc2nc13. The standard InChI is InChI=1S/C47H38N4/c1-46(2,3)31-15-17-39-35(23-31)36-24-32(47(4,5)6)16-18-40(36)49(39)33-25-37-34-19-27-11-7-9-13-29(27)21-41(34)51-44(37)43(26-33)50-42-22-30-14-10-8-12-28(30)20-38(42)48-45(50)51/h7-26H,1-6H3. The number of benzene rings is 7. The van der Waals surface area contributed by atoms with E-state index >= 15 is 0 Å². The van der Waals surface area contributed by atoms with Gasteiger partial charge in [-0.05, 0) is 104 Å². The zero-order valence-corrected chi connectivity index (χ0v) is 29.8. The van der Waals surface area contributed by atoms with Crippen LogP contribution >= 0.6 is 0 Å². The highest BCUT2D eigenvalue weighted by Crippen LogP contribution is 2.43. The molecule has 0 aliphatic carbocycles. The van der Waals surface area contributed by atoms with Crippen molar-refractivity contribution in [2.45, 2.75) is 52.4 Å². The molecule has 0 bridgehead atoms. The lowest BCUT2D eigenvalue weighted by Crippen LogP contribution is -2.10. The van der Waals surface area contributed by atoms with E-state index in [1.165, 1.54) is 81.8 Å². The summed E-state index contributed by atoms with van der Waals surface area (Å²) in [4.78, 5) is 5.36. The van der Waals surface area contributed by atoms with Crippen molar-refractivity contribution in [1.29, 1.82) is 0 Å². The third kappa shape index (κ3) is 3.88. The summed E-state index contributed by atoms with van der Waals surface area (Å²) in [6.07, 6.45) is 0. The van der Waals surface area contributed by atoms with E-state index in [9.17, 15) is 0 Å². The number of aromatic nitrogens is 4. The third-order valence-electron chi connectivity index (χ3n) is 11.4. The minimum Gasteiger partial charge on any atom is -0.309 e. The summed E-state index contributed by atoms with van der Waals surface area (Å²) in [5.74, 6) is 0.953. The average Bonchev–Trinajstić information content (AvgIpc) is 3.82. The lowest BCUT2D eigenvalue weighted by atomic mass is 9.85. The molecule has 246 valence electrons. The quantitative estimate of drug-likeness (QED) is 0.172. The van der Waals surface area contributed by atoms with Crippen LogP contribution in [0.25, 0.3) is 93.2 Å². The van der Waals surface area contributed by atoms with Gasteiger partial charge in [0, 0.05) is 27.2 Å². The van der Waals surface area contributed by atoms with Crippen molar-refractivity contribution in [3.05, 3.63) is 132 Å². The number of imidazole rings is 2. The molecule has 11 rings (SSSR count). The van der Waals surface area contributed by atoms with Crippen molar-refractivity contribution < 1.29 is 0 Å². The highest BCUT2D eigenvalue weighted by molar-refractivity contribution is 6.20. The molecule has 0 spiro atoms. The Morgan fingerprint density at radius 2 is 0.961 bits per heavy atom. The molecular formula is C47H38N4. The summed E-state index contributed by atoms with van der Waals surface area (Å²) in [7, 11) is 0. The monoisotopic (exact) mass is 658 g/mol. The predicted octanol–water partition coefficient (Wildman–Crippen LogP) is 12.5. The van der Waals surface area contributed by atoms with Crippen LogP contribution in [0.3, 0.4) is 0 Å². The minimum atomic E-state index is 0.0444. The number of hydrogen-bond donors (Lipinski definition) is 0. The first-order chi connectivity index (χ1) is 24.5. The summed E-state index contributed by atoms with van der Waals surface area (Å²) >= 11 is 0. The first-order valence-electron chi connectivity index (χ1n) is 18.1. The van der Waals surface area contributed by atoms with Gasteiger partial charge < -0.3 is 4.57 Å². The van der Waals surface area contributed by atoms with Crippen molar-refractivity contribution in [2.75, 3.05) is 0 Å². The van der Waals surface area contributed by atoms with Gasteiger partial charge in [-0.2, -0.15) is 0 Å². The Morgan fingerprint density at radius 3 is 1.55 bits per heavy atom. The van der Waals surface area contributed by atoms with Crippen molar-refractivity contribution >= 4 is 87.5 Å². The second-order valence-electron chi connectivity index (χ2n) is 16.6. The molecule has 4 heterocycles. The smallest absolute Gasteiger partial charge is 0.220 e. The third-order valence-corrected chi connectivity index (χ3v) is 11.4. The van der Waals surface area contributed by atoms with E-state index in [2.05, 4.69) is 176 Å². The fraction of sp³-hybridized carbons (Fsp3) is 0.170. The van der Waals surface area contributed by atoms with Gasteiger partial charge in [0.25, 0.3) is 0 Å². The van der Waals surface area contributed by atoms with Crippen molar-refractivity contribution in [1.82, 2.24) is 18.4 Å². The Hall–Kier alpha value is -5.87. The molecule has 0 saturated heterocycles. The highest BCUT2D eigenvalue weighted by atomic mass is 15.2. The average molecular weight is 659 g/mol. The molecule has 0 radical (unpaired) electrons. The fourth-order valence-electron chi connectivity index (χ4n) is 8.67.